The molecule has 0 aliphatic rings. The van der Waals surface area contributed by atoms with Crippen molar-refractivity contribution in [1.82, 2.24) is 24.6 Å². The van der Waals surface area contributed by atoms with Gasteiger partial charge in [-0.05, 0) is 17.7 Å². The molecule has 7 heteroatoms. The highest BCUT2D eigenvalue weighted by Crippen LogP contribution is 2.24. The Morgan fingerprint density at radius 1 is 1.12 bits per heavy atom. The molecule has 0 amide bonds. The van der Waals surface area contributed by atoms with Crippen LogP contribution in [0.25, 0.3) is 17.0 Å². The van der Waals surface area contributed by atoms with E-state index in [2.05, 4.69) is 20.1 Å². The third-order valence-electron chi connectivity index (χ3n) is 2.22. The number of fused-ring (bicyclic) bond motifs is 1. The molecule has 0 saturated carbocycles. The molecule has 0 N–H and O–H groups in total. The lowest BCUT2D eigenvalue weighted by molar-refractivity contribution is 0.939. The Hall–Kier alpha value is -1.72. The van der Waals surface area contributed by atoms with Gasteiger partial charge in [0.25, 0.3) is 0 Å². The molecular formula is C10H5Cl2N5. The van der Waals surface area contributed by atoms with Gasteiger partial charge in [-0.1, -0.05) is 11.6 Å². The minimum atomic E-state index is 0.139. The highest BCUT2D eigenvalue weighted by Gasteiger charge is 2.09. The first-order chi connectivity index (χ1) is 8.24. The fraction of sp³-hybridized carbons (Fsp3) is 0. The van der Waals surface area contributed by atoms with Crippen molar-refractivity contribution in [2.75, 3.05) is 0 Å². The van der Waals surface area contributed by atoms with Crippen molar-refractivity contribution in [3.8, 4) is 11.4 Å². The van der Waals surface area contributed by atoms with Crippen molar-refractivity contribution < 1.29 is 0 Å². The lowest BCUT2D eigenvalue weighted by Crippen LogP contribution is -1.95. The number of nitrogens with zero attached hydrogens (tertiary/aromatic N) is 5. The average Bonchev–Trinajstić information content (AvgIpc) is 2.79. The maximum absolute atomic E-state index is 6.01. The predicted octanol–water partition coefficient (Wildman–Crippen LogP) is 2.49. The van der Waals surface area contributed by atoms with Gasteiger partial charge in [-0.15, -0.1) is 0 Å². The van der Waals surface area contributed by atoms with Crippen molar-refractivity contribution in [3.63, 3.8) is 0 Å². The van der Waals surface area contributed by atoms with E-state index in [9.17, 15) is 0 Å². The monoisotopic (exact) mass is 265 g/mol. The highest BCUT2D eigenvalue weighted by molar-refractivity contribution is 6.33. The SMILES string of the molecule is Clc1ncc(Cl)c(-c2ccn3nccc3n2)n1. The van der Waals surface area contributed by atoms with Crippen LogP contribution in [-0.2, 0) is 0 Å². The molecular weight excluding hydrogens is 261 g/mol. The fourth-order valence-corrected chi connectivity index (χ4v) is 1.79. The van der Waals surface area contributed by atoms with Crippen LogP contribution >= 0.6 is 23.2 Å². The van der Waals surface area contributed by atoms with E-state index in [4.69, 9.17) is 23.2 Å². The Balaban J connectivity index is 2.22. The Bertz CT molecular complexity index is 694. The molecule has 0 aliphatic carbocycles. The van der Waals surface area contributed by atoms with Gasteiger partial charge in [0.15, 0.2) is 5.65 Å². The van der Waals surface area contributed by atoms with Gasteiger partial charge in [-0.2, -0.15) is 5.10 Å². The summed E-state index contributed by atoms with van der Waals surface area (Å²) < 4.78 is 1.65. The van der Waals surface area contributed by atoms with Crippen LogP contribution in [0.5, 0.6) is 0 Å². The fourth-order valence-electron chi connectivity index (χ4n) is 1.47. The second-order valence-corrected chi connectivity index (χ2v) is 4.03. The molecule has 3 aromatic heterocycles. The third kappa shape index (κ3) is 1.83. The smallest absolute Gasteiger partial charge is 0.223 e. The predicted molar refractivity (Wildman–Crippen MR) is 64.0 cm³/mol. The molecule has 17 heavy (non-hydrogen) atoms. The highest BCUT2D eigenvalue weighted by atomic mass is 35.5. The first-order valence-electron chi connectivity index (χ1n) is 4.73. The molecule has 0 aromatic carbocycles. The Kier molecular flexibility index (Phi) is 2.42. The normalized spacial score (nSPS) is 10.9. The second kappa shape index (κ2) is 3.94. The van der Waals surface area contributed by atoms with Crippen LogP contribution in [0.15, 0.2) is 30.7 Å². The third-order valence-corrected chi connectivity index (χ3v) is 2.67. The summed E-state index contributed by atoms with van der Waals surface area (Å²) in [5, 5.41) is 4.60. The molecule has 0 atom stereocenters. The van der Waals surface area contributed by atoms with E-state index in [-0.39, 0.29) is 5.28 Å². The summed E-state index contributed by atoms with van der Waals surface area (Å²) in [6, 6.07) is 3.56. The van der Waals surface area contributed by atoms with Crippen LogP contribution < -0.4 is 0 Å². The molecule has 0 aliphatic heterocycles. The van der Waals surface area contributed by atoms with E-state index < -0.39 is 0 Å². The van der Waals surface area contributed by atoms with E-state index in [1.807, 2.05) is 0 Å². The second-order valence-electron chi connectivity index (χ2n) is 3.28. The maximum atomic E-state index is 6.01. The van der Waals surface area contributed by atoms with Crippen LogP contribution in [0.3, 0.4) is 0 Å². The van der Waals surface area contributed by atoms with Gasteiger partial charge in [-0.25, -0.2) is 19.5 Å². The van der Waals surface area contributed by atoms with Gasteiger partial charge < -0.3 is 0 Å². The minimum Gasteiger partial charge on any atom is -0.227 e. The van der Waals surface area contributed by atoms with Gasteiger partial charge in [0.05, 0.1) is 23.1 Å². The Labute approximate surface area is 106 Å². The van der Waals surface area contributed by atoms with Crippen molar-refractivity contribution in [2.45, 2.75) is 0 Å². The van der Waals surface area contributed by atoms with Crippen molar-refractivity contribution in [3.05, 3.63) is 41.0 Å². The Morgan fingerprint density at radius 2 is 2.00 bits per heavy atom. The van der Waals surface area contributed by atoms with E-state index in [1.165, 1.54) is 6.20 Å². The van der Waals surface area contributed by atoms with Gasteiger partial charge in [0.2, 0.25) is 5.28 Å². The number of halogens is 2. The zero-order chi connectivity index (χ0) is 11.8. The molecule has 3 rings (SSSR count). The summed E-state index contributed by atoms with van der Waals surface area (Å²) >= 11 is 11.7. The largest absolute Gasteiger partial charge is 0.227 e. The first-order valence-corrected chi connectivity index (χ1v) is 5.48. The number of hydrogen-bond donors (Lipinski definition) is 0. The topological polar surface area (TPSA) is 56.0 Å². The molecule has 0 bridgehead atoms. The van der Waals surface area contributed by atoms with E-state index in [0.29, 0.717) is 22.1 Å². The van der Waals surface area contributed by atoms with Gasteiger partial charge in [0.1, 0.15) is 5.69 Å². The zero-order valence-corrected chi connectivity index (χ0v) is 9.89. The van der Waals surface area contributed by atoms with Crippen molar-refractivity contribution in [2.24, 2.45) is 0 Å². The van der Waals surface area contributed by atoms with Gasteiger partial charge in [-0.3, -0.25) is 0 Å². The average molecular weight is 266 g/mol. The standard InChI is InChI=1S/C10H5Cl2N5/c11-6-5-13-10(12)16-9(6)7-2-4-17-8(15-7)1-3-14-17/h1-5H. The van der Waals surface area contributed by atoms with Gasteiger partial charge >= 0.3 is 0 Å². The van der Waals surface area contributed by atoms with Crippen molar-refractivity contribution in [1.29, 1.82) is 0 Å². The Morgan fingerprint density at radius 3 is 2.88 bits per heavy atom. The molecule has 0 spiro atoms. The molecule has 0 fully saturated rings. The summed E-state index contributed by atoms with van der Waals surface area (Å²) in [5.41, 5.74) is 1.86. The molecule has 5 nitrogen and oxygen atoms in total. The van der Waals surface area contributed by atoms with E-state index in [0.717, 1.165) is 0 Å². The lowest BCUT2D eigenvalue weighted by Gasteiger charge is -2.02. The lowest BCUT2D eigenvalue weighted by atomic mass is 10.3. The van der Waals surface area contributed by atoms with E-state index in [1.54, 1.807) is 29.0 Å². The summed E-state index contributed by atoms with van der Waals surface area (Å²) in [7, 11) is 0. The quantitative estimate of drug-likeness (QED) is 0.635. The summed E-state index contributed by atoms with van der Waals surface area (Å²) in [5.74, 6) is 0. The van der Waals surface area contributed by atoms with Crippen LogP contribution in [0.4, 0.5) is 0 Å². The summed E-state index contributed by atoms with van der Waals surface area (Å²) in [6.07, 6.45) is 4.90. The molecule has 3 heterocycles. The summed E-state index contributed by atoms with van der Waals surface area (Å²) in [6.45, 7) is 0. The number of rotatable bonds is 1. The molecule has 84 valence electrons. The van der Waals surface area contributed by atoms with Crippen LogP contribution in [0.1, 0.15) is 0 Å². The molecule has 0 radical (unpaired) electrons. The van der Waals surface area contributed by atoms with Gasteiger partial charge in [0, 0.05) is 12.3 Å². The number of hydrogen-bond acceptors (Lipinski definition) is 4. The van der Waals surface area contributed by atoms with Crippen LogP contribution in [0.2, 0.25) is 10.3 Å². The maximum Gasteiger partial charge on any atom is 0.223 e. The first kappa shape index (κ1) is 10.4. The van der Waals surface area contributed by atoms with E-state index >= 15 is 0 Å². The zero-order valence-electron chi connectivity index (χ0n) is 8.38. The number of aromatic nitrogens is 5. The van der Waals surface area contributed by atoms with Crippen LogP contribution in [-0.4, -0.2) is 24.6 Å². The summed E-state index contributed by atoms with van der Waals surface area (Å²) in [4.78, 5) is 12.2. The van der Waals surface area contributed by atoms with Crippen LogP contribution in [0, 0.1) is 0 Å². The molecule has 3 aromatic rings. The molecule has 0 unspecified atom stereocenters. The molecule has 0 saturated heterocycles. The minimum absolute atomic E-state index is 0.139. The van der Waals surface area contributed by atoms with Crippen molar-refractivity contribution >= 4 is 28.8 Å².